The molecule has 4 N–H and O–H groups in total. The van der Waals surface area contributed by atoms with Gasteiger partial charge in [0.15, 0.2) is 5.65 Å². The third-order valence-corrected chi connectivity index (χ3v) is 7.28. The van der Waals surface area contributed by atoms with Gasteiger partial charge in [0.1, 0.15) is 23.8 Å². The van der Waals surface area contributed by atoms with E-state index in [9.17, 15) is 9.90 Å². The second kappa shape index (κ2) is 10.7. The molecule has 1 spiro atoms. The van der Waals surface area contributed by atoms with Crippen molar-refractivity contribution in [2.45, 2.75) is 44.3 Å². The second-order valence-corrected chi connectivity index (χ2v) is 10.4. The van der Waals surface area contributed by atoms with Crippen LogP contribution in [0.4, 0.5) is 17.6 Å². The summed E-state index contributed by atoms with van der Waals surface area (Å²) in [5.74, 6) is 1.70. The molecular weight excluding hydrogens is 512 g/mol. The highest BCUT2D eigenvalue weighted by Crippen LogP contribution is 2.33. The molecule has 0 saturated carbocycles. The van der Waals surface area contributed by atoms with Gasteiger partial charge in [0, 0.05) is 25.5 Å². The van der Waals surface area contributed by atoms with Gasteiger partial charge >= 0.3 is 0 Å². The first-order valence-corrected chi connectivity index (χ1v) is 13.4. The molecule has 1 fully saturated rings. The lowest BCUT2D eigenvalue weighted by molar-refractivity contribution is 0.0442. The third kappa shape index (κ3) is 5.03. The molecule has 4 aromatic rings. The van der Waals surface area contributed by atoms with Gasteiger partial charge in [-0.2, -0.15) is 4.98 Å². The van der Waals surface area contributed by atoms with Crippen LogP contribution in [0.25, 0.3) is 11.0 Å². The lowest BCUT2D eigenvalue weighted by atomic mass is 9.92. The fourth-order valence-corrected chi connectivity index (χ4v) is 5.01. The molecule has 2 aliphatic rings. The van der Waals surface area contributed by atoms with Gasteiger partial charge < -0.3 is 25.2 Å². The molecule has 0 aliphatic carbocycles. The van der Waals surface area contributed by atoms with Crippen LogP contribution in [0.5, 0.6) is 0 Å². The Hall–Kier alpha value is -4.29. The summed E-state index contributed by atoms with van der Waals surface area (Å²) in [7, 11) is 0. The number of aliphatic hydroxyl groups is 1. The van der Waals surface area contributed by atoms with Gasteiger partial charge in [0.2, 0.25) is 11.8 Å². The lowest BCUT2D eigenvalue weighted by Gasteiger charge is -2.28. The maximum absolute atomic E-state index is 12.3. The van der Waals surface area contributed by atoms with Crippen LogP contribution >= 0.6 is 0 Å². The molecule has 0 radical (unpaired) electrons. The number of aromatic nitrogens is 5. The number of anilines is 3. The van der Waals surface area contributed by atoms with Gasteiger partial charge in [0.05, 0.1) is 23.6 Å². The van der Waals surface area contributed by atoms with E-state index in [1.807, 2.05) is 44.2 Å². The first kappa shape index (κ1) is 26.0. The van der Waals surface area contributed by atoms with Crippen LogP contribution in [0.2, 0.25) is 0 Å². The normalized spacial score (nSPS) is 17.1. The molecule has 0 amide bonds. The predicted octanol–water partition coefficient (Wildman–Crippen LogP) is 3.31. The minimum atomic E-state index is -0.420. The number of aliphatic hydroxyl groups excluding tert-OH is 1. The average Bonchev–Trinajstić information content (AvgIpc) is 3.53. The minimum absolute atomic E-state index is 0.0268. The van der Waals surface area contributed by atoms with E-state index in [0.717, 1.165) is 18.4 Å². The van der Waals surface area contributed by atoms with E-state index in [4.69, 9.17) is 19.5 Å². The summed E-state index contributed by atoms with van der Waals surface area (Å²) in [6.07, 6.45) is 3.24. The summed E-state index contributed by atoms with van der Waals surface area (Å²) < 4.78 is 13.3. The number of fused-ring (bicyclic) bond motifs is 1. The number of benzene rings is 1. The van der Waals surface area contributed by atoms with Crippen LogP contribution in [0.15, 0.2) is 58.4 Å². The molecule has 208 valence electrons. The molecule has 2 aliphatic heterocycles. The highest BCUT2D eigenvalue weighted by molar-refractivity contribution is 6.00. The van der Waals surface area contributed by atoms with Crippen LogP contribution in [0.3, 0.4) is 0 Å². The van der Waals surface area contributed by atoms with Crippen molar-refractivity contribution in [1.29, 1.82) is 0 Å². The number of ether oxygens (including phenoxy) is 2. The van der Waals surface area contributed by atoms with Gasteiger partial charge in [0.25, 0.3) is 5.56 Å². The molecule has 3 aromatic heterocycles. The number of rotatable bonds is 8. The van der Waals surface area contributed by atoms with Crippen LogP contribution in [-0.2, 0) is 9.47 Å². The molecule has 1 aromatic carbocycles. The first-order valence-electron chi connectivity index (χ1n) is 13.4. The SMILES string of the molecule is CC(C)n1[nH]c(=O)c2ccc(Nc3ncc(C4=NC5(CCOCC5)CO4)c(N[C@H](CO)c4ccccc4)n3)nc21. The minimum Gasteiger partial charge on any atom is -0.475 e. The van der Waals surface area contributed by atoms with E-state index < -0.39 is 6.04 Å². The van der Waals surface area contributed by atoms with Crippen molar-refractivity contribution < 1.29 is 14.6 Å². The molecule has 40 heavy (non-hydrogen) atoms. The smallest absolute Gasteiger partial charge is 0.273 e. The molecule has 12 heteroatoms. The third-order valence-electron chi connectivity index (χ3n) is 7.28. The van der Waals surface area contributed by atoms with E-state index in [2.05, 4.69) is 25.7 Å². The summed E-state index contributed by atoms with van der Waals surface area (Å²) >= 11 is 0. The van der Waals surface area contributed by atoms with E-state index in [-0.39, 0.29) is 29.7 Å². The lowest BCUT2D eigenvalue weighted by Crippen LogP contribution is -2.35. The number of hydrogen-bond acceptors (Lipinski definition) is 10. The zero-order valence-electron chi connectivity index (χ0n) is 22.4. The quantitative estimate of drug-likeness (QED) is 0.262. The average molecular weight is 545 g/mol. The number of aromatic amines is 1. The predicted molar refractivity (Wildman–Crippen MR) is 151 cm³/mol. The fourth-order valence-electron chi connectivity index (χ4n) is 5.01. The Balaban J connectivity index is 1.36. The Morgan fingerprint density at radius 2 is 1.93 bits per heavy atom. The molecule has 0 unspecified atom stereocenters. The zero-order valence-corrected chi connectivity index (χ0v) is 22.4. The van der Waals surface area contributed by atoms with Crippen molar-refractivity contribution in [3.8, 4) is 0 Å². The van der Waals surface area contributed by atoms with Gasteiger partial charge in [-0.15, -0.1) is 0 Å². The van der Waals surface area contributed by atoms with Crippen LogP contribution < -0.4 is 16.2 Å². The Labute approximate surface area is 230 Å². The number of aliphatic imine (C=N–C) groups is 1. The Morgan fingerprint density at radius 3 is 2.67 bits per heavy atom. The highest BCUT2D eigenvalue weighted by Gasteiger charge is 2.39. The van der Waals surface area contributed by atoms with E-state index in [0.29, 0.717) is 54.0 Å². The maximum Gasteiger partial charge on any atom is 0.273 e. The van der Waals surface area contributed by atoms with Crippen molar-refractivity contribution in [3.63, 3.8) is 0 Å². The molecule has 5 heterocycles. The number of nitrogens with zero attached hydrogens (tertiary/aromatic N) is 5. The van der Waals surface area contributed by atoms with Crippen LogP contribution in [0.1, 0.15) is 49.9 Å². The summed E-state index contributed by atoms with van der Waals surface area (Å²) in [6.45, 7) is 5.57. The highest BCUT2D eigenvalue weighted by atomic mass is 16.5. The van der Waals surface area contributed by atoms with Gasteiger partial charge in [-0.1, -0.05) is 30.3 Å². The zero-order chi connectivity index (χ0) is 27.7. The number of H-pyrrole nitrogens is 1. The number of hydrogen-bond donors (Lipinski definition) is 4. The first-order chi connectivity index (χ1) is 19.4. The summed E-state index contributed by atoms with van der Waals surface area (Å²) in [6, 6.07) is 12.7. The maximum atomic E-state index is 12.3. The van der Waals surface area contributed by atoms with Crippen LogP contribution in [-0.4, -0.2) is 67.7 Å². The molecule has 6 rings (SSSR count). The molecule has 1 atom stereocenters. The van der Waals surface area contributed by atoms with E-state index in [1.54, 1.807) is 23.0 Å². The Bertz CT molecular complexity index is 1590. The van der Waals surface area contributed by atoms with Crippen molar-refractivity contribution in [1.82, 2.24) is 24.7 Å². The molecule has 1 saturated heterocycles. The monoisotopic (exact) mass is 544 g/mol. The van der Waals surface area contributed by atoms with Gasteiger partial charge in [-0.05, 0) is 44.4 Å². The Kier molecular flexibility index (Phi) is 6.95. The summed E-state index contributed by atoms with van der Waals surface area (Å²) in [5, 5.41) is 20.1. The standard InChI is InChI=1S/C28H32N8O4/c1-17(2)36-24-19(25(38)35-36)8-9-22(31-24)32-27-29-14-20(26-34-28(16-40-26)10-12-39-13-11-28)23(33-27)30-21(15-37)18-6-4-3-5-7-18/h3-9,14,17,21,37H,10-13,15-16H2,1-2H3,(H,35,38)(H2,29,30,31,32,33)/t21-/m1/s1. The van der Waals surface area contributed by atoms with Crippen molar-refractivity contribution in [2.75, 3.05) is 37.1 Å². The van der Waals surface area contributed by atoms with Gasteiger partial charge in [-0.3, -0.25) is 14.6 Å². The molecule has 12 nitrogen and oxygen atoms in total. The van der Waals surface area contributed by atoms with E-state index >= 15 is 0 Å². The van der Waals surface area contributed by atoms with E-state index in [1.165, 1.54) is 0 Å². The topological polar surface area (TPSA) is 152 Å². The van der Waals surface area contributed by atoms with Crippen molar-refractivity contribution >= 4 is 34.5 Å². The number of pyridine rings is 1. The summed E-state index contributed by atoms with van der Waals surface area (Å²) in [4.78, 5) is 31.2. The fraction of sp³-hybridized carbons (Fsp3) is 0.393. The Morgan fingerprint density at radius 1 is 1.12 bits per heavy atom. The summed E-state index contributed by atoms with van der Waals surface area (Å²) in [5.41, 5.74) is 1.56. The van der Waals surface area contributed by atoms with Crippen molar-refractivity contribution in [3.05, 3.63) is 70.1 Å². The second-order valence-electron chi connectivity index (χ2n) is 10.4. The van der Waals surface area contributed by atoms with Crippen molar-refractivity contribution in [2.24, 2.45) is 4.99 Å². The largest absolute Gasteiger partial charge is 0.475 e. The van der Waals surface area contributed by atoms with Crippen LogP contribution in [0, 0.1) is 0 Å². The molecular formula is C28H32N8O4. The number of nitrogens with one attached hydrogen (secondary N) is 3. The molecule has 0 bridgehead atoms. The van der Waals surface area contributed by atoms with Gasteiger partial charge in [-0.25, -0.2) is 15.0 Å².